The van der Waals surface area contributed by atoms with Gasteiger partial charge in [-0.2, -0.15) is 0 Å². The molecule has 0 bridgehead atoms. The molecule has 100 valence electrons. The molecule has 0 aliphatic rings. The fraction of sp³-hybridized carbons (Fsp3) is 0.250. The smallest absolute Gasteiger partial charge is 0.119 e. The van der Waals surface area contributed by atoms with Gasteiger partial charge in [0.05, 0.1) is 7.11 Å². The molecule has 0 unspecified atom stereocenters. The molecule has 2 rings (SSSR count). The average Bonchev–Trinajstić information content (AvgIpc) is 2.47. The monoisotopic (exact) mass is 256 g/mol. The number of nitrogens with zero attached hydrogens (tertiary/aromatic N) is 1. The highest BCUT2D eigenvalue weighted by Crippen LogP contribution is 2.20. The predicted octanol–water partition coefficient (Wildman–Crippen LogP) is 3.37. The van der Waals surface area contributed by atoms with Crippen molar-refractivity contribution in [2.24, 2.45) is 0 Å². The van der Waals surface area contributed by atoms with Gasteiger partial charge < -0.3 is 15.0 Å². The van der Waals surface area contributed by atoms with E-state index in [4.69, 9.17) is 4.74 Å². The van der Waals surface area contributed by atoms with E-state index in [1.807, 2.05) is 19.2 Å². The topological polar surface area (TPSA) is 24.5 Å². The molecule has 2 aromatic carbocycles. The van der Waals surface area contributed by atoms with E-state index in [2.05, 4.69) is 53.7 Å². The van der Waals surface area contributed by atoms with E-state index in [0.717, 1.165) is 18.0 Å². The molecular formula is C16H20N2O. The Morgan fingerprint density at radius 2 is 1.84 bits per heavy atom. The van der Waals surface area contributed by atoms with Crippen LogP contribution >= 0.6 is 0 Å². The summed E-state index contributed by atoms with van der Waals surface area (Å²) in [5.41, 5.74) is 3.56. The molecule has 1 N–H and O–H groups in total. The van der Waals surface area contributed by atoms with Crippen molar-refractivity contribution in [2.45, 2.75) is 6.54 Å². The van der Waals surface area contributed by atoms with Crippen LogP contribution in [0, 0.1) is 0 Å². The lowest BCUT2D eigenvalue weighted by Gasteiger charge is -2.20. The van der Waals surface area contributed by atoms with E-state index < -0.39 is 0 Å². The maximum atomic E-state index is 5.25. The van der Waals surface area contributed by atoms with Crippen molar-refractivity contribution in [1.82, 2.24) is 0 Å². The summed E-state index contributed by atoms with van der Waals surface area (Å²) in [6.45, 7) is 0.857. The highest BCUT2D eigenvalue weighted by Gasteiger charge is 2.03. The minimum atomic E-state index is 0.857. The molecule has 0 saturated carbocycles. The molecule has 3 nitrogen and oxygen atoms in total. The van der Waals surface area contributed by atoms with Crippen molar-refractivity contribution < 1.29 is 4.74 Å². The Hall–Kier alpha value is -2.16. The van der Waals surface area contributed by atoms with Crippen molar-refractivity contribution in [3.63, 3.8) is 0 Å². The zero-order valence-electron chi connectivity index (χ0n) is 11.7. The third-order valence-corrected chi connectivity index (χ3v) is 3.15. The van der Waals surface area contributed by atoms with Crippen molar-refractivity contribution in [3.8, 4) is 5.75 Å². The number of nitrogens with one attached hydrogen (secondary N) is 1. The van der Waals surface area contributed by atoms with Crippen molar-refractivity contribution in [1.29, 1.82) is 0 Å². The van der Waals surface area contributed by atoms with Gasteiger partial charge in [0.2, 0.25) is 0 Å². The molecule has 0 radical (unpaired) electrons. The quantitative estimate of drug-likeness (QED) is 0.887. The summed E-state index contributed by atoms with van der Waals surface area (Å²) in [6.07, 6.45) is 0. The molecule has 0 atom stereocenters. The van der Waals surface area contributed by atoms with Crippen LogP contribution < -0.4 is 15.0 Å². The highest BCUT2D eigenvalue weighted by atomic mass is 16.5. The van der Waals surface area contributed by atoms with E-state index in [1.54, 1.807) is 7.11 Å². The van der Waals surface area contributed by atoms with Crippen LogP contribution in [0.2, 0.25) is 0 Å². The molecule has 0 aliphatic heterocycles. The SMILES string of the molecule is CNc1ccc(N(C)Cc2cccc(OC)c2)cc1. The zero-order valence-corrected chi connectivity index (χ0v) is 11.7. The van der Waals surface area contributed by atoms with Crippen LogP contribution in [0.25, 0.3) is 0 Å². The molecule has 0 amide bonds. The summed E-state index contributed by atoms with van der Waals surface area (Å²) in [5.74, 6) is 0.899. The average molecular weight is 256 g/mol. The lowest BCUT2D eigenvalue weighted by molar-refractivity contribution is 0.414. The number of rotatable bonds is 5. The molecule has 0 aromatic heterocycles. The number of ether oxygens (including phenoxy) is 1. The first-order valence-corrected chi connectivity index (χ1v) is 6.35. The molecule has 3 heteroatoms. The van der Waals surface area contributed by atoms with Crippen LogP contribution in [0.4, 0.5) is 11.4 Å². The Morgan fingerprint density at radius 1 is 1.11 bits per heavy atom. The van der Waals surface area contributed by atoms with Crippen LogP contribution in [0.3, 0.4) is 0 Å². The van der Waals surface area contributed by atoms with Gasteiger partial charge in [-0.3, -0.25) is 0 Å². The number of anilines is 2. The Balaban J connectivity index is 2.08. The van der Waals surface area contributed by atoms with E-state index in [-0.39, 0.29) is 0 Å². The first kappa shape index (κ1) is 13.3. The lowest BCUT2D eigenvalue weighted by atomic mass is 10.2. The van der Waals surface area contributed by atoms with Gasteiger partial charge in [-0.15, -0.1) is 0 Å². The van der Waals surface area contributed by atoms with Crippen LogP contribution in [-0.4, -0.2) is 21.2 Å². The maximum absolute atomic E-state index is 5.25. The second-order valence-corrected chi connectivity index (χ2v) is 4.50. The Labute approximate surface area is 114 Å². The lowest BCUT2D eigenvalue weighted by Crippen LogP contribution is -2.16. The van der Waals surface area contributed by atoms with Crippen molar-refractivity contribution in [3.05, 3.63) is 54.1 Å². The van der Waals surface area contributed by atoms with Gasteiger partial charge >= 0.3 is 0 Å². The zero-order chi connectivity index (χ0) is 13.7. The molecule has 19 heavy (non-hydrogen) atoms. The minimum absolute atomic E-state index is 0.857. The molecule has 0 spiro atoms. The number of hydrogen-bond donors (Lipinski definition) is 1. The van der Waals surface area contributed by atoms with Crippen LogP contribution in [0.5, 0.6) is 5.75 Å². The fourth-order valence-corrected chi connectivity index (χ4v) is 2.02. The second-order valence-electron chi connectivity index (χ2n) is 4.50. The highest BCUT2D eigenvalue weighted by molar-refractivity contribution is 5.54. The summed E-state index contributed by atoms with van der Waals surface area (Å²) in [7, 11) is 5.71. The summed E-state index contributed by atoms with van der Waals surface area (Å²) in [5, 5.41) is 3.12. The Bertz CT molecular complexity index is 523. The van der Waals surface area contributed by atoms with E-state index in [1.165, 1.54) is 11.3 Å². The van der Waals surface area contributed by atoms with Gasteiger partial charge in [0.25, 0.3) is 0 Å². The van der Waals surface area contributed by atoms with Gasteiger partial charge in [-0.1, -0.05) is 12.1 Å². The number of hydrogen-bond acceptors (Lipinski definition) is 3. The number of benzene rings is 2. The molecule has 0 fully saturated rings. The fourth-order valence-electron chi connectivity index (χ4n) is 2.02. The van der Waals surface area contributed by atoms with E-state index >= 15 is 0 Å². The maximum Gasteiger partial charge on any atom is 0.119 e. The Kier molecular flexibility index (Phi) is 4.29. The van der Waals surface area contributed by atoms with Gasteiger partial charge in [0.1, 0.15) is 5.75 Å². The first-order valence-electron chi connectivity index (χ1n) is 6.35. The summed E-state index contributed by atoms with van der Waals surface area (Å²) in [6, 6.07) is 16.6. The van der Waals surface area contributed by atoms with E-state index in [9.17, 15) is 0 Å². The van der Waals surface area contributed by atoms with Gasteiger partial charge in [0, 0.05) is 32.0 Å². The molecule has 0 aliphatic carbocycles. The molecule has 0 heterocycles. The van der Waals surface area contributed by atoms with Crippen LogP contribution in [0.1, 0.15) is 5.56 Å². The third-order valence-electron chi connectivity index (χ3n) is 3.15. The Morgan fingerprint density at radius 3 is 2.47 bits per heavy atom. The summed E-state index contributed by atoms with van der Waals surface area (Å²) in [4.78, 5) is 2.22. The summed E-state index contributed by atoms with van der Waals surface area (Å²) < 4.78 is 5.25. The first-order chi connectivity index (χ1) is 9.22. The molecular weight excluding hydrogens is 236 g/mol. The van der Waals surface area contributed by atoms with Crippen molar-refractivity contribution in [2.75, 3.05) is 31.4 Å². The predicted molar refractivity (Wildman–Crippen MR) is 81.1 cm³/mol. The third kappa shape index (κ3) is 3.41. The van der Waals surface area contributed by atoms with Crippen LogP contribution in [0.15, 0.2) is 48.5 Å². The molecule has 0 saturated heterocycles. The van der Waals surface area contributed by atoms with Gasteiger partial charge in [-0.25, -0.2) is 0 Å². The summed E-state index contributed by atoms with van der Waals surface area (Å²) >= 11 is 0. The van der Waals surface area contributed by atoms with Crippen LogP contribution in [-0.2, 0) is 6.54 Å². The minimum Gasteiger partial charge on any atom is -0.497 e. The second kappa shape index (κ2) is 6.14. The normalized spacial score (nSPS) is 10.1. The van der Waals surface area contributed by atoms with Gasteiger partial charge in [0.15, 0.2) is 0 Å². The largest absolute Gasteiger partial charge is 0.497 e. The number of methoxy groups -OCH3 is 1. The standard InChI is InChI=1S/C16H20N2O/c1-17-14-7-9-15(10-8-14)18(2)12-13-5-4-6-16(11-13)19-3/h4-11,17H,12H2,1-3H3. The van der Waals surface area contributed by atoms with Gasteiger partial charge in [-0.05, 0) is 42.0 Å². The van der Waals surface area contributed by atoms with E-state index in [0.29, 0.717) is 0 Å². The van der Waals surface area contributed by atoms with Crippen molar-refractivity contribution >= 4 is 11.4 Å². The molecule has 2 aromatic rings.